The first kappa shape index (κ1) is 14.8. The predicted octanol–water partition coefficient (Wildman–Crippen LogP) is 0.885. The molecule has 2 aliphatic rings. The van der Waals surface area contributed by atoms with Crippen molar-refractivity contribution in [1.82, 2.24) is 5.32 Å². The largest absolute Gasteiger partial charge is 0.461 e. The molecule has 0 spiro atoms. The van der Waals surface area contributed by atoms with Crippen molar-refractivity contribution in [2.75, 3.05) is 18.1 Å². The number of hydrogen-bond donors (Lipinski definition) is 1. The van der Waals surface area contributed by atoms with Gasteiger partial charge in [-0.2, -0.15) is 0 Å². The number of rotatable bonds is 4. The molecule has 0 aromatic rings. The van der Waals surface area contributed by atoms with Gasteiger partial charge >= 0.3 is 5.97 Å². The maximum absolute atomic E-state index is 11.7. The Kier molecular flexibility index (Phi) is 4.84. The van der Waals surface area contributed by atoms with Crippen molar-refractivity contribution in [2.45, 2.75) is 51.2 Å². The van der Waals surface area contributed by atoms with Crippen molar-refractivity contribution < 1.29 is 17.9 Å². The summed E-state index contributed by atoms with van der Waals surface area (Å²) in [6, 6.07) is -0.0946. The van der Waals surface area contributed by atoms with E-state index in [1.165, 1.54) is 6.42 Å². The zero-order valence-corrected chi connectivity index (χ0v) is 12.2. The minimum absolute atomic E-state index is 0.0466. The van der Waals surface area contributed by atoms with Gasteiger partial charge in [-0.1, -0.05) is 13.3 Å². The zero-order chi connectivity index (χ0) is 13.9. The van der Waals surface area contributed by atoms with E-state index in [1.54, 1.807) is 0 Å². The molecule has 1 aliphatic heterocycles. The van der Waals surface area contributed by atoms with Gasteiger partial charge in [0, 0.05) is 6.04 Å². The highest BCUT2D eigenvalue weighted by Gasteiger charge is 2.28. The van der Waals surface area contributed by atoms with Crippen LogP contribution in [0.15, 0.2) is 0 Å². The number of ether oxygens (including phenoxy) is 1. The van der Waals surface area contributed by atoms with Crippen molar-refractivity contribution in [3.63, 3.8) is 0 Å². The van der Waals surface area contributed by atoms with E-state index in [4.69, 9.17) is 4.74 Å². The van der Waals surface area contributed by atoms with E-state index < -0.39 is 9.84 Å². The first-order valence-electron chi connectivity index (χ1n) is 7.08. The topological polar surface area (TPSA) is 72.5 Å². The lowest BCUT2D eigenvalue weighted by Gasteiger charge is -2.26. The lowest BCUT2D eigenvalue weighted by atomic mass is 9.89. The van der Waals surface area contributed by atoms with E-state index >= 15 is 0 Å². The Balaban J connectivity index is 1.67. The molecule has 110 valence electrons. The number of esters is 1. The molecule has 1 aliphatic carbocycles. The van der Waals surface area contributed by atoms with Crippen LogP contribution in [-0.4, -0.2) is 44.6 Å². The summed E-state index contributed by atoms with van der Waals surface area (Å²) in [5.74, 6) is 0.725. The van der Waals surface area contributed by atoms with Gasteiger partial charge in [0.25, 0.3) is 0 Å². The van der Waals surface area contributed by atoms with Crippen LogP contribution in [0.3, 0.4) is 0 Å². The molecular formula is C13H23NO4S. The van der Waals surface area contributed by atoms with Crippen LogP contribution >= 0.6 is 0 Å². The number of carbonyl (C=O) groups is 1. The van der Waals surface area contributed by atoms with E-state index in [-0.39, 0.29) is 36.2 Å². The van der Waals surface area contributed by atoms with Crippen LogP contribution in [0.1, 0.15) is 39.0 Å². The highest BCUT2D eigenvalue weighted by Crippen LogP contribution is 2.25. The summed E-state index contributed by atoms with van der Waals surface area (Å²) >= 11 is 0. The van der Waals surface area contributed by atoms with Crippen molar-refractivity contribution in [2.24, 2.45) is 5.92 Å². The number of carbonyl (C=O) groups excluding carboxylic acids is 1. The number of hydrogen-bond acceptors (Lipinski definition) is 5. The lowest BCUT2D eigenvalue weighted by Crippen LogP contribution is -2.37. The molecule has 0 aromatic carbocycles. The van der Waals surface area contributed by atoms with Crippen LogP contribution in [0.25, 0.3) is 0 Å². The number of nitrogens with one attached hydrogen (secondary N) is 1. The quantitative estimate of drug-likeness (QED) is 0.778. The molecule has 1 N–H and O–H groups in total. The summed E-state index contributed by atoms with van der Waals surface area (Å²) in [6.07, 6.45) is 4.87. The van der Waals surface area contributed by atoms with Crippen molar-refractivity contribution in [3.05, 3.63) is 0 Å². The van der Waals surface area contributed by atoms with Gasteiger partial charge in [0.05, 0.1) is 18.1 Å². The highest BCUT2D eigenvalue weighted by atomic mass is 32.2. The lowest BCUT2D eigenvalue weighted by molar-refractivity contribution is -0.150. The van der Waals surface area contributed by atoms with Gasteiger partial charge in [0.15, 0.2) is 9.84 Å². The van der Waals surface area contributed by atoms with E-state index in [2.05, 4.69) is 12.2 Å². The van der Waals surface area contributed by atoms with Gasteiger partial charge in [0.1, 0.15) is 6.10 Å². The molecule has 1 saturated heterocycles. The third-order valence-electron chi connectivity index (χ3n) is 3.95. The molecule has 19 heavy (non-hydrogen) atoms. The van der Waals surface area contributed by atoms with Crippen molar-refractivity contribution in [1.29, 1.82) is 0 Å². The first-order chi connectivity index (χ1) is 8.94. The Morgan fingerprint density at radius 1 is 1.32 bits per heavy atom. The summed E-state index contributed by atoms with van der Waals surface area (Å²) in [7, 11) is -2.89. The molecule has 0 amide bonds. The maximum Gasteiger partial charge on any atom is 0.320 e. The highest BCUT2D eigenvalue weighted by molar-refractivity contribution is 7.91. The predicted molar refractivity (Wildman–Crippen MR) is 72.6 cm³/mol. The average Bonchev–Trinajstić information content (AvgIpc) is 2.66. The van der Waals surface area contributed by atoms with E-state index in [0.29, 0.717) is 12.3 Å². The average molecular weight is 289 g/mol. The normalized spacial score (nSPS) is 34.1. The SMILES string of the molecule is CC1CCCC(OC(=O)CNC2CCS(=O)(=O)C2)C1. The first-order valence-corrected chi connectivity index (χ1v) is 8.90. The minimum atomic E-state index is -2.89. The molecule has 3 atom stereocenters. The van der Waals surface area contributed by atoms with Gasteiger partial charge in [-0.15, -0.1) is 0 Å². The molecule has 2 fully saturated rings. The standard InChI is InChI=1S/C13H23NO4S/c1-10-3-2-4-12(7-10)18-13(15)8-14-11-5-6-19(16,17)9-11/h10-12,14H,2-9H2,1H3. The molecule has 3 unspecified atom stereocenters. The molecule has 5 nitrogen and oxygen atoms in total. The summed E-state index contributed by atoms with van der Waals surface area (Å²) in [5.41, 5.74) is 0. The Hall–Kier alpha value is -0.620. The van der Waals surface area contributed by atoms with Gasteiger partial charge < -0.3 is 10.1 Å². The molecule has 6 heteroatoms. The molecule has 1 heterocycles. The third kappa shape index (κ3) is 4.76. The van der Waals surface area contributed by atoms with E-state index in [1.807, 2.05) is 0 Å². The van der Waals surface area contributed by atoms with E-state index in [0.717, 1.165) is 19.3 Å². The fourth-order valence-corrected chi connectivity index (χ4v) is 4.60. The van der Waals surface area contributed by atoms with Crippen LogP contribution in [0.2, 0.25) is 0 Å². The Morgan fingerprint density at radius 3 is 2.74 bits per heavy atom. The molecule has 2 rings (SSSR count). The Labute approximate surface area is 115 Å². The number of sulfone groups is 1. The summed E-state index contributed by atoms with van der Waals surface area (Å²) in [4.78, 5) is 11.7. The second kappa shape index (κ2) is 6.22. The summed E-state index contributed by atoms with van der Waals surface area (Å²) in [5, 5.41) is 2.98. The summed E-state index contributed by atoms with van der Waals surface area (Å²) in [6.45, 7) is 2.30. The van der Waals surface area contributed by atoms with Crippen LogP contribution < -0.4 is 5.32 Å². The second-order valence-electron chi connectivity index (χ2n) is 5.86. The molecule has 0 radical (unpaired) electrons. The zero-order valence-electron chi connectivity index (χ0n) is 11.4. The second-order valence-corrected chi connectivity index (χ2v) is 8.09. The molecule has 1 saturated carbocycles. The van der Waals surface area contributed by atoms with Gasteiger partial charge in [-0.25, -0.2) is 8.42 Å². The van der Waals surface area contributed by atoms with Crippen LogP contribution in [0.4, 0.5) is 0 Å². The van der Waals surface area contributed by atoms with Crippen LogP contribution in [-0.2, 0) is 19.4 Å². The molecular weight excluding hydrogens is 266 g/mol. The fraction of sp³-hybridized carbons (Fsp3) is 0.923. The third-order valence-corrected chi connectivity index (χ3v) is 5.72. The molecule has 0 aromatic heterocycles. The fourth-order valence-electron chi connectivity index (χ4n) is 2.90. The Morgan fingerprint density at radius 2 is 2.11 bits per heavy atom. The van der Waals surface area contributed by atoms with Crippen LogP contribution in [0.5, 0.6) is 0 Å². The van der Waals surface area contributed by atoms with Gasteiger partial charge in [-0.3, -0.25) is 4.79 Å². The van der Waals surface area contributed by atoms with Gasteiger partial charge in [-0.05, 0) is 31.6 Å². The van der Waals surface area contributed by atoms with Gasteiger partial charge in [0.2, 0.25) is 0 Å². The minimum Gasteiger partial charge on any atom is -0.461 e. The smallest absolute Gasteiger partial charge is 0.320 e. The maximum atomic E-state index is 11.7. The van der Waals surface area contributed by atoms with Crippen molar-refractivity contribution in [3.8, 4) is 0 Å². The van der Waals surface area contributed by atoms with E-state index in [9.17, 15) is 13.2 Å². The molecule has 0 bridgehead atoms. The Bertz CT molecular complexity index is 420. The monoisotopic (exact) mass is 289 g/mol. The summed E-state index contributed by atoms with van der Waals surface area (Å²) < 4.78 is 28.0. The van der Waals surface area contributed by atoms with Crippen molar-refractivity contribution >= 4 is 15.8 Å². The van der Waals surface area contributed by atoms with Crippen LogP contribution in [0, 0.1) is 5.92 Å².